The van der Waals surface area contributed by atoms with Gasteiger partial charge in [-0.15, -0.1) is 11.8 Å². The van der Waals surface area contributed by atoms with Gasteiger partial charge in [0.05, 0.1) is 12.3 Å². The molecule has 2 aliphatic heterocycles. The number of carbonyl (C=O) groups is 4. The van der Waals surface area contributed by atoms with Gasteiger partial charge in [0.2, 0.25) is 0 Å². The number of aliphatic hydroxyl groups is 1. The number of benzene rings is 1. The number of fused-ring (bicyclic) bond motifs is 1. The molecule has 2 aliphatic rings. The zero-order valence-corrected chi connectivity index (χ0v) is 16.7. The number of nitriles is 1. The average Bonchev–Trinajstić information content (AvgIpc) is 2.76. The summed E-state index contributed by atoms with van der Waals surface area (Å²) >= 11 is 1.20. The lowest BCUT2D eigenvalue weighted by Crippen LogP contribution is -2.70. The van der Waals surface area contributed by atoms with E-state index in [1.54, 1.807) is 36.4 Å². The molecule has 11 nitrogen and oxygen atoms in total. The molecule has 12 heteroatoms. The van der Waals surface area contributed by atoms with E-state index < -0.39 is 47.6 Å². The molecule has 0 spiro atoms. The van der Waals surface area contributed by atoms with Gasteiger partial charge in [-0.25, -0.2) is 10.2 Å². The summed E-state index contributed by atoms with van der Waals surface area (Å²) in [6.45, 7) is 0. The Morgan fingerprint density at radius 2 is 2.06 bits per heavy atom. The standard InChI is InChI=1S/C19H17N5O6S/c20-7-6-12(25)23-21-8-11-9-31-18-13(17(28)24(18)14(11)19(29)30)22-16(27)15(26)10-4-2-1-3-5-10/h1-5,8,13,15,18,26H,6,9H2,(H,22,27)(H,23,25)(H,29,30)/t13?,15?,18-/m0/s1. The van der Waals surface area contributed by atoms with Crippen molar-refractivity contribution in [3.63, 3.8) is 0 Å². The predicted octanol–water partition coefficient (Wildman–Crippen LogP) is -0.526. The highest BCUT2D eigenvalue weighted by molar-refractivity contribution is 8.00. The van der Waals surface area contributed by atoms with Crippen LogP contribution in [-0.2, 0) is 19.2 Å². The van der Waals surface area contributed by atoms with E-state index in [0.717, 1.165) is 11.1 Å². The van der Waals surface area contributed by atoms with Gasteiger partial charge in [-0.2, -0.15) is 10.4 Å². The molecule has 3 rings (SSSR count). The second-order valence-corrected chi connectivity index (χ2v) is 7.62. The van der Waals surface area contributed by atoms with Gasteiger partial charge in [-0.3, -0.25) is 19.3 Å². The van der Waals surface area contributed by atoms with E-state index in [-0.39, 0.29) is 17.0 Å². The molecule has 0 saturated carbocycles. The van der Waals surface area contributed by atoms with Gasteiger partial charge in [0.15, 0.2) is 6.10 Å². The number of hydrazone groups is 1. The molecule has 1 aromatic rings. The normalized spacial score (nSPS) is 21.0. The van der Waals surface area contributed by atoms with Crippen molar-refractivity contribution in [2.45, 2.75) is 23.9 Å². The first-order valence-corrected chi connectivity index (χ1v) is 10.0. The third kappa shape index (κ3) is 4.57. The maximum absolute atomic E-state index is 12.6. The number of carbonyl (C=O) groups excluding carboxylic acids is 3. The molecule has 1 saturated heterocycles. The summed E-state index contributed by atoms with van der Waals surface area (Å²) in [7, 11) is 0. The number of amides is 3. The quantitative estimate of drug-likeness (QED) is 0.247. The van der Waals surface area contributed by atoms with Crippen molar-refractivity contribution in [3.8, 4) is 6.07 Å². The first-order valence-electron chi connectivity index (χ1n) is 8.98. The monoisotopic (exact) mass is 443 g/mol. The highest BCUT2D eigenvalue weighted by atomic mass is 32.2. The second-order valence-electron chi connectivity index (χ2n) is 6.52. The lowest BCUT2D eigenvalue weighted by molar-refractivity contribution is -0.151. The third-order valence-electron chi connectivity index (χ3n) is 4.51. The van der Waals surface area contributed by atoms with E-state index in [0.29, 0.717) is 5.56 Å². The molecule has 2 unspecified atom stereocenters. The second kappa shape index (κ2) is 9.41. The van der Waals surface area contributed by atoms with Crippen LogP contribution in [0.15, 0.2) is 46.7 Å². The fourth-order valence-electron chi connectivity index (χ4n) is 3.05. The number of carboxylic acid groups (broad SMARTS) is 1. The van der Waals surface area contributed by atoms with Crippen LogP contribution in [0, 0.1) is 11.3 Å². The first kappa shape index (κ1) is 22.0. The minimum Gasteiger partial charge on any atom is -0.477 e. The molecule has 4 N–H and O–H groups in total. The Kier molecular flexibility index (Phi) is 6.68. The summed E-state index contributed by atoms with van der Waals surface area (Å²) in [6.07, 6.45) is -0.758. The highest BCUT2D eigenvalue weighted by Gasteiger charge is 2.54. The molecule has 0 bridgehead atoms. The van der Waals surface area contributed by atoms with Gasteiger partial charge in [0, 0.05) is 11.3 Å². The topological polar surface area (TPSA) is 172 Å². The summed E-state index contributed by atoms with van der Waals surface area (Å²) in [5.74, 6) is -3.27. The van der Waals surface area contributed by atoms with Crippen LogP contribution in [0.1, 0.15) is 18.1 Å². The van der Waals surface area contributed by atoms with Crippen LogP contribution >= 0.6 is 11.8 Å². The number of aliphatic hydroxyl groups excluding tert-OH is 1. The molecular formula is C19H17N5O6S. The fourth-order valence-corrected chi connectivity index (χ4v) is 4.35. The number of hydrogen-bond acceptors (Lipinski definition) is 8. The van der Waals surface area contributed by atoms with Gasteiger partial charge < -0.3 is 15.5 Å². The van der Waals surface area contributed by atoms with E-state index in [1.807, 2.05) is 0 Å². The molecule has 3 atom stereocenters. The van der Waals surface area contributed by atoms with Gasteiger partial charge in [0.1, 0.15) is 23.5 Å². The zero-order chi connectivity index (χ0) is 22.5. The Labute approximate surface area is 180 Å². The molecule has 2 heterocycles. The largest absolute Gasteiger partial charge is 0.477 e. The van der Waals surface area contributed by atoms with Crippen molar-refractivity contribution in [1.29, 1.82) is 5.26 Å². The van der Waals surface area contributed by atoms with Gasteiger partial charge in [-0.1, -0.05) is 30.3 Å². The number of hydrogen-bond donors (Lipinski definition) is 4. The summed E-state index contributed by atoms with van der Waals surface area (Å²) in [4.78, 5) is 49.0. The molecule has 0 radical (unpaired) electrons. The van der Waals surface area contributed by atoms with Crippen LogP contribution in [0.5, 0.6) is 0 Å². The number of rotatable bonds is 7. The van der Waals surface area contributed by atoms with Crippen molar-refractivity contribution < 1.29 is 29.4 Å². The molecule has 160 valence electrons. The van der Waals surface area contributed by atoms with Crippen LogP contribution in [0.2, 0.25) is 0 Å². The molecule has 0 aromatic heterocycles. The van der Waals surface area contributed by atoms with Gasteiger partial charge in [0.25, 0.3) is 17.7 Å². The van der Waals surface area contributed by atoms with E-state index in [9.17, 15) is 29.4 Å². The maximum atomic E-state index is 12.6. The van der Waals surface area contributed by atoms with Crippen LogP contribution in [0.3, 0.4) is 0 Å². The van der Waals surface area contributed by atoms with Gasteiger partial charge in [-0.05, 0) is 5.56 Å². The number of carboxylic acids is 1. The van der Waals surface area contributed by atoms with E-state index >= 15 is 0 Å². The molecule has 0 aliphatic carbocycles. The van der Waals surface area contributed by atoms with Gasteiger partial charge >= 0.3 is 5.97 Å². The van der Waals surface area contributed by atoms with Crippen LogP contribution in [0.4, 0.5) is 0 Å². The Morgan fingerprint density at radius 3 is 2.71 bits per heavy atom. The summed E-state index contributed by atoms with van der Waals surface area (Å²) in [5.41, 5.74) is 2.34. The summed E-state index contributed by atoms with van der Waals surface area (Å²) in [6, 6.07) is 8.86. The Morgan fingerprint density at radius 1 is 1.35 bits per heavy atom. The number of nitrogens with zero attached hydrogens (tertiary/aromatic N) is 3. The first-order chi connectivity index (χ1) is 14.8. The fraction of sp³-hybridized carbons (Fsp3) is 0.263. The SMILES string of the molecule is N#CCC(=O)NN=CC1=C(C(=O)O)N2C(=O)C(NC(=O)C(O)c3ccccc3)[C@@H]2SC1. The van der Waals surface area contributed by atoms with Crippen molar-refractivity contribution in [2.75, 3.05) is 5.75 Å². The average molecular weight is 443 g/mol. The van der Waals surface area contributed by atoms with Crippen LogP contribution in [0.25, 0.3) is 0 Å². The Bertz CT molecular complexity index is 1020. The molecular weight excluding hydrogens is 426 g/mol. The zero-order valence-electron chi connectivity index (χ0n) is 15.9. The lowest BCUT2D eigenvalue weighted by atomic mass is 10.0. The van der Waals surface area contributed by atoms with Crippen molar-refractivity contribution in [2.24, 2.45) is 5.10 Å². The van der Waals surface area contributed by atoms with Crippen LogP contribution < -0.4 is 10.7 Å². The maximum Gasteiger partial charge on any atom is 0.353 e. The Hall–Kier alpha value is -3.69. The van der Waals surface area contributed by atoms with Crippen molar-refractivity contribution >= 4 is 41.7 Å². The van der Waals surface area contributed by atoms with Crippen LogP contribution in [-0.4, -0.2) is 62.2 Å². The van der Waals surface area contributed by atoms with Crippen molar-refractivity contribution in [1.82, 2.24) is 15.6 Å². The molecule has 3 amide bonds. The predicted molar refractivity (Wildman–Crippen MR) is 108 cm³/mol. The Balaban J connectivity index is 1.71. The molecule has 1 aromatic carbocycles. The molecule has 31 heavy (non-hydrogen) atoms. The summed E-state index contributed by atoms with van der Waals surface area (Å²) < 4.78 is 0. The number of β-lactam (4-membered cyclic amide) rings is 1. The smallest absolute Gasteiger partial charge is 0.353 e. The lowest BCUT2D eigenvalue weighted by Gasteiger charge is -2.49. The summed E-state index contributed by atoms with van der Waals surface area (Å²) in [5, 5.41) is 33.6. The van der Waals surface area contributed by atoms with E-state index in [1.165, 1.54) is 11.8 Å². The highest BCUT2D eigenvalue weighted by Crippen LogP contribution is 2.40. The number of thioether (sulfide) groups is 1. The third-order valence-corrected chi connectivity index (χ3v) is 5.81. The van der Waals surface area contributed by atoms with Crippen molar-refractivity contribution in [3.05, 3.63) is 47.2 Å². The minimum atomic E-state index is -1.47. The minimum absolute atomic E-state index is 0.154. The van der Waals surface area contributed by atoms with E-state index in [2.05, 4.69) is 15.8 Å². The number of aliphatic carboxylic acids is 1. The number of nitrogens with one attached hydrogen (secondary N) is 2. The van der Waals surface area contributed by atoms with E-state index in [4.69, 9.17) is 5.26 Å². The molecule has 1 fully saturated rings.